The van der Waals surface area contributed by atoms with Crippen molar-refractivity contribution in [2.45, 2.75) is 18.9 Å². The lowest BCUT2D eigenvalue weighted by Crippen LogP contribution is -2.30. The Balaban J connectivity index is 1.56. The molecule has 1 saturated heterocycles. The van der Waals surface area contributed by atoms with Gasteiger partial charge in [0.25, 0.3) is 5.91 Å². The summed E-state index contributed by atoms with van der Waals surface area (Å²) in [6, 6.07) is 18.2. The van der Waals surface area contributed by atoms with E-state index < -0.39 is 0 Å². The normalized spacial score (nSPS) is 17.0. The number of benzene rings is 2. The van der Waals surface area contributed by atoms with Gasteiger partial charge in [-0.1, -0.05) is 12.1 Å². The van der Waals surface area contributed by atoms with E-state index in [-0.39, 0.29) is 11.9 Å². The third kappa shape index (κ3) is 3.33. The molecular weight excluding hydrogens is 425 g/mol. The second kappa shape index (κ2) is 7.00. The maximum Gasteiger partial charge on any atom is 0.254 e. The van der Waals surface area contributed by atoms with Gasteiger partial charge in [-0.05, 0) is 83.5 Å². The van der Waals surface area contributed by atoms with Crippen LogP contribution in [-0.2, 0) is 0 Å². The zero-order chi connectivity index (χ0) is 17.2. The number of rotatable bonds is 3. The van der Waals surface area contributed by atoms with Crippen LogP contribution in [0.3, 0.4) is 0 Å². The molecule has 4 rings (SSSR count). The van der Waals surface area contributed by atoms with Crippen molar-refractivity contribution in [2.75, 3.05) is 6.54 Å². The van der Waals surface area contributed by atoms with Crippen LogP contribution in [0.15, 0.2) is 67.0 Å². The number of halogens is 1. The number of amides is 1. The first-order valence-electron chi connectivity index (χ1n) is 8.39. The van der Waals surface area contributed by atoms with Crippen molar-refractivity contribution in [1.29, 1.82) is 0 Å². The van der Waals surface area contributed by atoms with E-state index in [1.54, 1.807) is 10.9 Å². The zero-order valence-electron chi connectivity index (χ0n) is 13.7. The van der Waals surface area contributed by atoms with Gasteiger partial charge in [-0.15, -0.1) is 0 Å². The van der Waals surface area contributed by atoms with E-state index in [1.807, 2.05) is 41.4 Å². The number of hydrogen-bond acceptors (Lipinski definition) is 2. The summed E-state index contributed by atoms with van der Waals surface area (Å²) < 4.78 is 3.00. The van der Waals surface area contributed by atoms with Gasteiger partial charge in [0.2, 0.25) is 0 Å². The Morgan fingerprint density at radius 3 is 2.52 bits per heavy atom. The molecular formula is C20H18IN3O. The lowest BCUT2D eigenvalue weighted by atomic mass is 10.0. The number of nitrogens with zero attached hydrogens (tertiary/aromatic N) is 3. The number of aromatic nitrogens is 2. The number of hydrogen-bond donors (Lipinski definition) is 0. The Hall–Kier alpha value is -2.15. The second-order valence-corrected chi connectivity index (χ2v) is 7.45. The molecule has 2 aromatic carbocycles. The summed E-state index contributed by atoms with van der Waals surface area (Å²) >= 11 is 2.31. The molecule has 0 saturated carbocycles. The van der Waals surface area contributed by atoms with Crippen molar-refractivity contribution in [3.05, 3.63) is 81.7 Å². The van der Waals surface area contributed by atoms with Crippen LogP contribution in [0.1, 0.15) is 34.8 Å². The Morgan fingerprint density at radius 1 is 1.08 bits per heavy atom. The largest absolute Gasteiger partial charge is 0.332 e. The summed E-state index contributed by atoms with van der Waals surface area (Å²) in [5, 5.41) is 4.22. The summed E-state index contributed by atoms with van der Waals surface area (Å²) in [4.78, 5) is 15.0. The van der Waals surface area contributed by atoms with E-state index in [1.165, 1.54) is 9.13 Å². The fraction of sp³-hybridized carbons (Fsp3) is 0.200. The van der Waals surface area contributed by atoms with Crippen molar-refractivity contribution in [1.82, 2.24) is 14.7 Å². The minimum Gasteiger partial charge on any atom is -0.332 e. The molecule has 1 aliphatic rings. The van der Waals surface area contributed by atoms with Crippen LogP contribution in [0.2, 0.25) is 0 Å². The first kappa shape index (κ1) is 16.3. The van der Waals surface area contributed by atoms with Gasteiger partial charge in [0.15, 0.2) is 0 Å². The highest BCUT2D eigenvalue weighted by Gasteiger charge is 2.30. The predicted molar refractivity (Wildman–Crippen MR) is 106 cm³/mol. The smallest absolute Gasteiger partial charge is 0.254 e. The summed E-state index contributed by atoms with van der Waals surface area (Å²) in [5.74, 6) is 0.105. The average molecular weight is 443 g/mol. The van der Waals surface area contributed by atoms with E-state index in [9.17, 15) is 4.79 Å². The van der Waals surface area contributed by atoms with Crippen LogP contribution in [-0.4, -0.2) is 27.1 Å². The molecule has 25 heavy (non-hydrogen) atoms. The molecule has 126 valence electrons. The fourth-order valence-electron chi connectivity index (χ4n) is 3.39. The van der Waals surface area contributed by atoms with Crippen molar-refractivity contribution < 1.29 is 4.79 Å². The minimum atomic E-state index is 0.105. The summed E-state index contributed by atoms with van der Waals surface area (Å²) in [6.07, 6.45) is 5.71. The van der Waals surface area contributed by atoms with Crippen LogP contribution >= 0.6 is 22.6 Å². The third-order valence-electron chi connectivity index (χ3n) is 4.65. The van der Waals surface area contributed by atoms with Crippen LogP contribution in [0.5, 0.6) is 0 Å². The predicted octanol–water partition coefficient (Wildman–Crippen LogP) is 4.45. The molecule has 0 aliphatic carbocycles. The second-order valence-electron chi connectivity index (χ2n) is 6.21. The number of likely N-dealkylation sites (tertiary alicyclic amines) is 1. The van der Waals surface area contributed by atoms with E-state index in [2.05, 4.69) is 52.0 Å². The topological polar surface area (TPSA) is 38.1 Å². The lowest BCUT2D eigenvalue weighted by Gasteiger charge is -2.25. The molecule has 0 radical (unpaired) electrons. The molecule has 1 aliphatic heterocycles. The van der Waals surface area contributed by atoms with Gasteiger partial charge < -0.3 is 4.90 Å². The highest BCUT2D eigenvalue weighted by atomic mass is 127. The SMILES string of the molecule is O=C(c1ccc(-n2cccn2)cc1)N1CCC[C@@H]1c1ccc(I)cc1. The van der Waals surface area contributed by atoms with Gasteiger partial charge in [0, 0.05) is 28.1 Å². The lowest BCUT2D eigenvalue weighted by molar-refractivity contribution is 0.0735. The first-order chi connectivity index (χ1) is 12.2. The average Bonchev–Trinajstić information content (AvgIpc) is 3.34. The van der Waals surface area contributed by atoms with Gasteiger partial charge in [0.1, 0.15) is 0 Å². The van der Waals surface area contributed by atoms with Gasteiger partial charge in [-0.25, -0.2) is 4.68 Å². The van der Waals surface area contributed by atoms with Crippen molar-refractivity contribution in [2.24, 2.45) is 0 Å². The molecule has 3 aromatic rings. The number of carbonyl (C=O) groups is 1. The van der Waals surface area contributed by atoms with E-state index in [0.717, 1.165) is 30.6 Å². The summed E-state index contributed by atoms with van der Waals surface area (Å²) in [5.41, 5.74) is 2.91. The maximum atomic E-state index is 13.0. The molecule has 0 bridgehead atoms. The summed E-state index contributed by atoms with van der Waals surface area (Å²) in [6.45, 7) is 0.816. The zero-order valence-corrected chi connectivity index (χ0v) is 15.8. The molecule has 0 unspecified atom stereocenters. The van der Waals surface area contributed by atoms with E-state index >= 15 is 0 Å². The Bertz CT molecular complexity index is 857. The minimum absolute atomic E-state index is 0.105. The molecule has 2 heterocycles. The van der Waals surface area contributed by atoms with Crippen molar-refractivity contribution >= 4 is 28.5 Å². The van der Waals surface area contributed by atoms with Gasteiger partial charge in [-0.2, -0.15) is 5.10 Å². The highest BCUT2D eigenvalue weighted by Crippen LogP contribution is 2.33. The van der Waals surface area contributed by atoms with Gasteiger partial charge >= 0.3 is 0 Å². The standard InChI is InChI=1S/C20H18IN3O/c21-17-8-4-15(5-9-17)19-3-1-13-23(19)20(25)16-6-10-18(11-7-16)24-14-2-12-22-24/h2,4-12,14,19H,1,3,13H2/t19-/m1/s1. The molecule has 1 amide bonds. The molecule has 1 fully saturated rings. The fourth-order valence-corrected chi connectivity index (χ4v) is 3.74. The molecule has 0 N–H and O–H groups in total. The van der Waals surface area contributed by atoms with Crippen molar-refractivity contribution in [3.8, 4) is 5.69 Å². The molecule has 1 atom stereocenters. The quantitative estimate of drug-likeness (QED) is 0.561. The summed E-state index contributed by atoms with van der Waals surface area (Å²) in [7, 11) is 0. The van der Waals surface area contributed by atoms with Gasteiger partial charge in [0.05, 0.1) is 11.7 Å². The first-order valence-corrected chi connectivity index (χ1v) is 9.47. The Kier molecular flexibility index (Phi) is 4.57. The van der Waals surface area contributed by atoms with Crippen molar-refractivity contribution in [3.63, 3.8) is 0 Å². The molecule has 4 nitrogen and oxygen atoms in total. The molecule has 5 heteroatoms. The van der Waals surface area contributed by atoms with Crippen LogP contribution in [0.4, 0.5) is 0 Å². The maximum absolute atomic E-state index is 13.0. The van der Waals surface area contributed by atoms with E-state index in [4.69, 9.17) is 0 Å². The van der Waals surface area contributed by atoms with E-state index in [0.29, 0.717) is 0 Å². The van der Waals surface area contributed by atoms with Crippen LogP contribution in [0.25, 0.3) is 5.69 Å². The Labute approximate surface area is 160 Å². The Morgan fingerprint density at radius 2 is 1.84 bits per heavy atom. The molecule has 0 spiro atoms. The third-order valence-corrected chi connectivity index (χ3v) is 5.37. The van der Waals surface area contributed by atoms with Crippen LogP contribution < -0.4 is 0 Å². The number of carbonyl (C=O) groups excluding carboxylic acids is 1. The van der Waals surface area contributed by atoms with Crippen LogP contribution in [0, 0.1) is 3.57 Å². The monoisotopic (exact) mass is 443 g/mol. The van der Waals surface area contributed by atoms with Gasteiger partial charge in [-0.3, -0.25) is 4.79 Å². The highest BCUT2D eigenvalue weighted by molar-refractivity contribution is 14.1. The molecule has 1 aromatic heterocycles.